The lowest BCUT2D eigenvalue weighted by molar-refractivity contribution is 0.0883. The summed E-state index contributed by atoms with van der Waals surface area (Å²) in [6.07, 6.45) is 2.78. The third-order valence-corrected chi connectivity index (χ3v) is 3.65. The third-order valence-electron chi connectivity index (χ3n) is 3.65. The van der Waals surface area contributed by atoms with Crippen LogP contribution in [-0.4, -0.2) is 23.5 Å². The van der Waals surface area contributed by atoms with Gasteiger partial charge in [0.2, 0.25) is 0 Å². The van der Waals surface area contributed by atoms with E-state index < -0.39 is 0 Å². The lowest BCUT2D eigenvalue weighted by Gasteiger charge is -2.31. The van der Waals surface area contributed by atoms with Crippen LogP contribution in [0.4, 0.5) is 5.82 Å². The van der Waals surface area contributed by atoms with E-state index in [1.54, 1.807) is 13.1 Å². The number of carbonyl (C=O) groups is 1. The van der Waals surface area contributed by atoms with Crippen molar-refractivity contribution in [1.29, 1.82) is 0 Å². The van der Waals surface area contributed by atoms with E-state index in [2.05, 4.69) is 36.4 Å². The zero-order valence-corrected chi connectivity index (χ0v) is 11.7. The number of hydrogen-bond acceptors (Lipinski definition) is 3. The molecule has 0 radical (unpaired) electrons. The lowest BCUT2D eigenvalue weighted by Crippen LogP contribution is -2.47. The Morgan fingerprint density at radius 1 is 1.22 bits per heavy atom. The molecular formula is C14H23N3O. The molecule has 0 atom stereocenters. The van der Waals surface area contributed by atoms with Crippen molar-refractivity contribution in [3.05, 3.63) is 23.9 Å². The first kappa shape index (κ1) is 14.5. The molecule has 0 aromatic carbocycles. The third kappa shape index (κ3) is 3.22. The van der Waals surface area contributed by atoms with E-state index in [-0.39, 0.29) is 11.4 Å². The summed E-state index contributed by atoms with van der Waals surface area (Å²) >= 11 is 0. The van der Waals surface area contributed by atoms with E-state index in [0.29, 0.717) is 11.5 Å². The molecule has 4 nitrogen and oxygen atoms in total. The molecule has 18 heavy (non-hydrogen) atoms. The molecule has 0 unspecified atom stereocenters. The van der Waals surface area contributed by atoms with Gasteiger partial charge in [-0.25, -0.2) is 4.98 Å². The van der Waals surface area contributed by atoms with Gasteiger partial charge in [-0.3, -0.25) is 4.79 Å². The van der Waals surface area contributed by atoms with E-state index >= 15 is 0 Å². The minimum Gasteiger partial charge on any atom is -0.373 e. The zero-order valence-electron chi connectivity index (χ0n) is 11.7. The van der Waals surface area contributed by atoms with Crippen molar-refractivity contribution in [3.8, 4) is 0 Å². The number of nitrogens with zero attached hydrogens (tertiary/aromatic N) is 1. The van der Waals surface area contributed by atoms with E-state index in [1.165, 1.54) is 0 Å². The van der Waals surface area contributed by atoms with Gasteiger partial charge in [-0.1, -0.05) is 26.8 Å². The highest BCUT2D eigenvalue weighted by atomic mass is 16.2. The second kappa shape index (κ2) is 6.38. The maximum atomic E-state index is 12.2. The number of carbonyl (C=O) groups excluding carboxylic acids is 1. The summed E-state index contributed by atoms with van der Waals surface area (Å²) in [5.41, 5.74) is 0.343. The van der Waals surface area contributed by atoms with Crippen LogP contribution < -0.4 is 10.6 Å². The Morgan fingerprint density at radius 3 is 2.33 bits per heavy atom. The molecule has 1 aromatic rings. The number of anilines is 1. The van der Waals surface area contributed by atoms with Gasteiger partial charge in [-0.05, 0) is 31.4 Å². The molecule has 0 aliphatic carbocycles. The van der Waals surface area contributed by atoms with E-state index in [0.717, 1.165) is 19.3 Å². The molecule has 0 aliphatic heterocycles. The second-order valence-corrected chi connectivity index (χ2v) is 4.45. The molecule has 0 spiro atoms. The van der Waals surface area contributed by atoms with Crippen molar-refractivity contribution < 1.29 is 4.79 Å². The molecule has 0 bridgehead atoms. The van der Waals surface area contributed by atoms with Crippen LogP contribution in [0.3, 0.4) is 0 Å². The highest BCUT2D eigenvalue weighted by Gasteiger charge is 2.26. The van der Waals surface area contributed by atoms with Crippen LogP contribution in [-0.2, 0) is 0 Å². The average molecular weight is 249 g/mol. The summed E-state index contributed by atoms with van der Waals surface area (Å²) in [6.45, 7) is 6.31. The van der Waals surface area contributed by atoms with Crippen LogP contribution in [0.25, 0.3) is 0 Å². The summed E-state index contributed by atoms with van der Waals surface area (Å²) < 4.78 is 0. The first-order chi connectivity index (χ1) is 8.60. The molecule has 1 aromatic heterocycles. The summed E-state index contributed by atoms with van der Waals surface area (Å²) in [5, 5.41) is 6.05. The van der Waals surface area contributed by atoms with Gasteiger partial charge in [0.05, 0.1) is 0 Å². The average Bonchev–Trinajstić information content (AvgIpc) is 2.44. The fourth-order valence-electron chi connectivity index (χ4n) is 2.02. The summed E-state index contributed by atoms with van der Waals surface area (Å²) in [7, 11) is 1.79. The van der Waals surface area contributed by atoms with E-state index in [1.807, 2.05) is 12.1 Å². The van der Waals surface area contributed by atoms with Crippen LogP contribution >= 0.6 is 0 Å². The molecular weight excluding hydrogens is 226 g/mol. The molecule has 1 amide bonds. The number of amides is 1. The largest absolute Gasteiger partial charge is 0.373 e. The molecule has 2 N–H and O–H groups in total. The zero-order chi connectivity index (χ0) is 13.6. The monoisotopic (exact) mass is 249 g/mol. The number of aromatic nitrogens is 1. The van der Waals surface area contributed by atoms with Gasteiger partial charge in [0.1, 0.15) is 11.5 Å². The Bertz CT molecular complexity index is 392. The predicted octanol–water partition coefficient (Wildman–Crippen LogP) is 2.82. The van der Waals surface area contributed by atoms with Gasteiger partial charge >= 0.3 is 0 Å². The van der Waals surface area contributed by atoms with Crippen LogP contribution in [0.2, 0.25) is 0 Å². The van der Waals surface area contributed by atoms with Crippen LogP contribution in [0.1, 0.15) is 50.5 Å². The summed E-state index contributed by atoms with van der Waals surface area (Å²) in [6, 6.07) is 5.41. The van der Waals surface area contributed by atoms with Gasteiger partial charge in [-0.2, -0.15) is 0 Å². The van der Waals surface area contributed by atoms with Crippen molar-refractivity contribution in [2.45, 2.75) is 45.6 Å². The first-order valence-corrected chi connectivity index (χ1v) is 6.58. The maximum absolute atomic E-state index is 12.2. The number of pyridine rings is 1. The molecule has 0 aliphatic rings. The van der Waals surface area contributed by atoms with E-state index in [9.17, 15) is 4.79 Å². The van der Waals surface area contributed by atoms with Crippen molar-refractivity contribution in [1.82, 2.24) is 10.3 Å². The topological polar surface area (TPSA) is 54.0 Å². The molecule has 1 rings (SSSR count). The molecule has 0 saturated carbocycles. The molecule has 0 saturated heterocycles. The quantitative estimate of drug-likeness (QED) is 0.815. The highest BCUT2D eigenvalue weighted by molar-refractivity contribution is 5.93. The SMILES string of the molecule is CCC(CC)(CC)NC(=O)c1cccc(NC)n1. The Kier molecular flexibility index (Phi) is 5.13. The highest BCUT2D eigenvalue weighted by Crippen LogP contribution is 2.19. The van der Waals surface area contributed by atoms with Gasteiger partial charge < -0.3 is 10.6 Å². The van der Waals surface area contributed by atoms with Gasteiger partial charge in [0, 0.05) is 12.6 Å². The van der Waals surface area contributed by atoms with Crippen molar-refractivity contribution in [2.75, 3.05) is 12.4 Å². The van der Waals surface area contributed by atoms with E-state index in [4.69, 9.17) is 0 Å². The predicted molar refractivity (Wildman–Crippen MR) is 74.9 cm³/mol. The number of hydrogen-bond donors (Lipinski definition) is 2. The number of nitrogens with one attached hydrogen (secondary N) is 2. The Labute approximate surface area is 109 Å². The Morgan fingerprint density at radius 2 is 1.83 bits per heavy atom. The van der Waals surface area contributed by atoms with Gasteiger partial charge in [-0.15, -0.1) is 0 Å². The van der Waals surface area contributed by atoms with Crippen LogP contribution in [0, 0.1) is 0 Å². The second-order valence-electron chi connectivity index (χ2n) is 4.45. The lowest BCUT2D eigenvalue weighted by atomic mass is 9.89. The number of rotatable bonds is 6. The molecule has 4 heteroatoms. The molecule has 100 valence electrons. The van der Waals surface area contributed by atoms with Crippen LogP contribution in [0.5, 0.6) is 0 Å². The first-order valence-electron chi connectivity index (χ1n) is 6.58. The standard InChI is InChI=1S/C14H23N3O/c1-5-14(6-2,7-3)17-13(18)11-9-8-10-12(15-4)16-11/h8-10H,5-7H2,1-4H3,(H,15,16)(H,17,18). The van der Waals surface area contributed by atoms with Crippen LogP contribution in [0.15, 0.2) is 18.2 Å². The van der Waals surface area contributed by atoms with Gasteiger partial charge in [0.15, 0.2) is 0 Å². The summed E-state index contributed by atoms with van der Waals surface area (Å²) in [5.74, 6) is 0.607. The summed E-state index contributed by atoms with van der Waals surface area (Å²) in [4.78, 5) is 16.5. The maximum Gasteiger partial charge on any atom is 0.270 e. The van der Waals surface area contributed by atoms with Gasteiger partial charge in [0.25, 0.3) is 5.91 Å². The minimum absolute atomic E-state index is 0.0994. The fourth-order valence-corrected chi connectivity index (χ4v) is 2.02. The smallest absolute Gasteiger partial charge is 0.270 e. The minimum atomic E-state index is -0.117. The Balaban J connectivity index is 2.86. The van der Waals surface area contributed by atoms with Crippen molar-refractivity contribution in [2.24, 2.45) is 0 Å². The molecule has 1 heterocycles. The Hall–Kier alpha value is -1.58. The fraction of sp³-hybridized carbons (Fsp3) is 0.571. The van der Waals surface area contributed by atoms with Crippen molar-refractivity contribution in [3.63, 3.8) is 0 Å². The normalized spacial score (nSPS) is 11.1. The van der Waals surface area contributed by atoms with Crippen molar-refractivity contribution >= 4 is 11.7 Å². The molecule has 0 fully saturated rings.